The van der Waals surface area contributed by atoms with Crippen molar-refractivity contribution in [3.8, 4) is 0 Å². The Morgan fingerprint density at radius 2 is 1.94 bits per heavy atom. The lowest BCUT2D eigenvalue weighted by Gasteiger charge is -2.26. The molecule has 0 aromatic carbocycles. The summed E-state index contributed by atoms with van der Waals surface area (Å²) in [6, 6.07) is -1.43. The second-order valence-corrected chi connectivity index (χ2v) is 4.62. The molecule has 0 bridgehead atoms. The number of aliphatic carboxylic acids is 2. The van der Waals surface area contributed by atoms with E-state index in [1.807, 2.05) is 0 Å². The molecule has 18 heavy (non-hydrogen) atoms. The van der Waals surface area contributed by atoms with E-state index in [9.17, 15) is 14.4 Å². The number of hydrogen-bond acceptors (Lipinski definition) is 4. The molecule has 0 aliphatic heterocycles. The summed E-state index contributed by atoms with van der Waals surface area (Å²) in [7, 11) is 0. The quantitative estimate of drug-likeness (QED) is 0.528. The van der Waals surface area contributed by atoms with E-state index >= 15 is 0 Å². The number of amides is 1. The predicted octanol–water partition coefficient (Wildman–Crippen LogP) is -0.452. The minimum absolute atomic E-state index is 0.0442. The summed E-state index contributed by atoms with van der Waals surface area (Å²) in [5.74, 6) is -3.34. The normalized spacial score (nSPS) is 25.2. The van der Waals surface area contributed by atoms with Crippen LogP contribution in [-0.2, 0) is 14.4 Å². The van der Waals surface area contributed by atoms with Gasteiger partial charge in [-0.3, -0.25) is 9.59 Å². The predicted molar refractivity (Wildman–Crippen MR) is 61.8 cm³/mol. The van der Waals surface area contributed by atoms with Crippen LogP contribution in [0.2, 0.25) is 0 Å². The van der Waals surface area contributed by atoms with Crippen molar-refractivity contribution >= 4 is 17.8 Å². The first-order valence-electron chi connectivity index (χ1n) is 5.90. The van der Waals surface area contributed by atoms with E-state index in [2.05, 4.69) is 5.32 Å². The van der Waals surface area contributed by atoms with Crippen molar-refractivity contribution in [2.24, 2.45) is 11.7 Å². The zero-order valence-electron chi connectivity index (χ0n) is 9.96. The van der Waals surface area contributed by atoms with Gasteiger partial charge in [-0.25, -0.2) is 4.79 Å². The summed E-state index contributed by atoms with van der Waals surface area (Å²) >= 11 is 0. The van der Waals surface area contributed by atoms with Crippen molar-refractivity contribution in [3.05, 3.63) is 0 Å². The molecule has 102 valence electrons. The molecule has 1 fully saturated rings. The molecule has 0 spiro atoms. The van der Waals surface area contributed by atoms with E-state index in [-0.39, 0.29) is 12.0 Å². The van der Waals surface area contributed by atoms with E-state index < -0.39 is 30.3 Å². The van der Waals surface area contributed by atoms with Crippen LogP contribution in [0, 0.1) is 5.92 Å². The van der Waals surface area contributed by atoms with Crippen molar-refractivity contribution < 1.29 is 24.6 Å². The molecule has 0 saturated heterocycles. The van der Waals surface area contributed by atoms with Crippen LogP contribution in [0.4, 0.5) is 0 Å². The van der Waals surface area contributed by atoms with Gasteiger partial charge < -0.3 is 21.3 Å². The molecule has 3 unspecified atom stereocenters. The Labute approximate surface area is 104 Å². The summed E-state index contributed by atoms with van der Waals surface area (Å²) in [6.45, 7) is 0. The molecule has 7 heteroatoms. The number of carboxylic acid groups (broad SMARTS) is 2. The Hall–Kier alpha value is -1.63. The Morgan fingerprint density at radius 3 is 2.44 bits per heavy atom. The third-order valence-corrected chi connectivity index (χ3v) is 3.08. The summed E-state index contributed by atoms with van der Waals surface area (Å²) < 4.78 is 0. The highest BCUT2D eigenvalue weighted by molar-refractivity contribution is 5.87. The fourth-order valence-corrected chi connectivity index (χ4v) is 2.13. The summed E-state index contributed by atoms with van der Waals surface area (Å²) in [5, 5.41) is 19.6. The number of hydrogen-bond donors (Lipinski definition) is 4. The SMILES string of the molecule is NC1CCCC(C(=O)NC(CC(=O)O)C(=O)O)C1. The lowest BCUT2D eigenvalue weighted by atomic mass is 9.85. The van der Waals surface area contributed by atoms with Crippen LogP contribution in [0.5, 0.6) is 0 Å². The molecule has 1 amide bonds. The molecule has 1 aliphatic carbocycles. The van der Waals surface area contributed by atoms with E-state index in [4.69, 9.17) is 15.9 Å². The minimum Gasteiger partial charge on any atom is -0.481 e. The molecule has 5 N–H and O–H groups in total. The molecule has 0 heterocycles. The highest BCUT2D eigenvalue weighted by Crippen LogP contribution is 2.23. The largest absolute Gasteiger partial charge is 0.481 e. The first-order valence-corrected chi connectivity index (χ1v) is 5.90. The van der Waals surface area contributed by atoms with Crippen molar-refractivity contribution in [1.82, 2.24) is 5.32 Å². The third-order valence-electron chi connectivity index (χ3n) is 3.08. The molecule has 3 atom stereocenters. The maximum atomic E-state index is 11.8. The minimum atomic E-state index is -1.38. The van der Waals surface area contributed by atoms with Gasteiger partial charge in [-0.1, -0.05) is 6.42 Å². The van der Waals surface area contributed by atoms with Crippen molar-refractivity contribution in [2.45, 2.75) is 44.2 Å². The molecule has 1 rings (SSSR count). The van der Waals surface area contributed by atoms with Crippen molar-refractivity contribution in [1.29, 1.82) is 0 Å². The lowest BCUT2D eigenvalue weighted by Crippen LogP contribution is -2.46. The molecule has 0 aromatic rings. The number of carbonyl (C=O) groups excluding carboxylic acids is 1. The molecule has 1 aliphatic rings. The van der Waals surface area contributed by atoms with Gasteiger partial charge in [-0.05, 0) is 19.3 Å². The molecular formula is C11H18N2O5. The second-order valence-electron chi connectivity index (χ2n) is 4.62. The zero-order valence-corrected chi connectivity index (χ0v) is 9.96. The fourth-order valence-electron chi connectivity index (χ4n) is 2.13. The zero-order chi connectivity index (χ0) is 13.7. The van der Waals surface area contributed by atoms with Crippen LogP contribution in [0.3, 0.4) is 0 Å². The topological polar surface area (TPSA) is 130 Å². The number of carboxylic acids is 2. The van der Waals surface area contributed by atoms with Crippen LogP contribution in [0.15, 0.2) is 0 Å². The average molecular weight is 258 g/mol. The lowest BCUT2D eigenvalue weighted by molar-refractivity contribution is -0.147. The first-order chi connectivity index (χ1) is 8.40. The van der Waals surface area contributed by atoms with Crippen LogP contribution >= 0.6 is 0 Å². The molecule has 0 radical (unpaired) electrons. The van der Waals surface area contributed by atoms with Gasteiger partial charge in [-0.15, -0.1) is 0 Å². The van der Waals surface area contributed by atoms with Crippen LogP contribution < -0.4 is 11.1 Å². The maximum absolute atomic E-state index is 11.8. The van der Waals surface area contributed by atoms with Gasteiger partial charge in [0.1, 0.15) is 6.04 Å². The highest BCUT2D eigenvalue weighted by atomic mass is 16.4. The first kappa shape index (κ1) is 14.4. The van der Waals surface area contributed by atoms with Gasteiger partial charge in [0.15, 0.2) is 0 Å². The van der Waals surface area contributed by atoms with E-state index in [0.717, 1.165) is 12.8 Å². The van der Waals surface area contributed by atoms with Crippen molar-refractivity contribution in [2.75, 3.05) is 0 Å². The van der Waals surface area contributed by atoms with Gasteiger partial charge in [0, 0.05) is 12.0 Å². The standard InChI is InChI=1S/C11H18N2O5/c12-7-3-1-2-6(4-7)10(16)13-8(11(17)18)5-9(14)15/h6-8H,1-5,12H2,(H,13,16)(H,14,15)(H,17,18). The third kappa shape index (κ3) is 4.33. The van der Waals surface area contributed by atoms with Crippen LogP contribution in [-0.4, -0.2) is 40.1 Å². The second kappa shape index (κ2) is 6.34. The fraction of sp³-hybridized carbons (Fsp3) is 0.727. The summed E-state index contributed by atoms with van der Waals surface area (Å²) in [4.78, 5) is 33.1. The Balaban J connectivity index is 2.54. The van der Waals surface area contributed by atoms with Gasteiger partial charge in [0.05, 0.1) is 6.42 Å². The maximum Gasteiger partial charge on any atom is 0.326 e. The summed E-state index contributed by atoms with van der Waals surface area (Å²) in [5.41, 5.74) is 5.74. The Kier molecular flexibility index (Phi) is 5.08. The smallest absolute Gasteiger partial charge is 0.326 e. The summed E-state index contributed by atoms with van der Waals surface area (Å²) in [6.07, 6.45) is 2.25. The molecule has 1 saturated carbocycles. The average Bonchev–Trinajstić information content (AvgIpc) is 2.27. The van der Waals surface area contributed by atoms with Gasteiger partial charge in [-0.2, -0.15) is 0 Å². The monoisotopic (exact) mass is 258 g/mol. The molecule has 7 nitrogen and oxygen atoms in total. The van der Waals surface area contributed by atoms with E-state index in [1.165, 1.54) is 0 Å². The van der Waals surface area contributed by atoms with E-state index in [0.29, 0.717) is 12.8 Å². The van der Waals surface area contributed by atoms with Gasteiger partial charge in [0.25, 0.3) is 0 Å². The van der Waals surface area contributed by atoms with Gasteiger partial charge in [0.2, 0.25) is 5.91 Å². The Bertz CT molecular complexity index is 344. The number of nitrogens with two attached hydrogens (primary N) is 1. The van der Waals surface area contributed by atoms with Crippen LogP contribution in [0.1, 0.15) is 32.1 Å². The molecule has 0 aromatic heterocycles. The number of rotatable bonds is 5. The Morgan fingerprint density at radius 1 is 1.28 bits per heavy atom. The van der Waals surface area contributed by atoms with Gasteiger partial charge >= 0.3 is 11.9 Å². The highest BCUT2D eigenvalue weighted by Gasteiger charge is 2.29. The van der Waals surface area contributed by atoms with E-state index in [1.54, 1.807) is 0 Å². The number of carbonyl (C=O) groups is 3. The molecular weight excluding hydrogens is 240 g/mol. The van der Waals surface area contributed by atoms with Crippen molar-refractivity contribution in [3.63, 3.8) is 0 Å². The van der Waals surface area contributed by atoms with Crippen LogP contribution in [0.25, 0.3) is 0 Å². The number of nitrogens with one attached hydrogen (secondary N) is 1.